The van der Waals surface area contributed by atoms with Gasteiger partial charge >= 0.3 is 0 Å². The number of ether oxygens (including phenoxy) is 1. The number of allylic oxidation sites excluding steroid dienone is 1. The van der Waals surface area contributed by atoms with E-state index in [0.29, 0.717) is 11.3 Å². The van der Waals surface area contributed by atoms with E-state index in [4.69, 9.17) is 4.74 Å². The van der Waals surface area contributed by atoms with Gasteiger partial charge in [-0.1, -0.05) is 0 Å². The second kappa shape index (κ2) is 2.94. The van der Waals surface area contributed by atoms with Crippen molar-refractivity contribution in [2.24, 2.45) is 0 Å². The summed E-state index contributed by atoms with van der Waals surface area (Å²) >= 11 is 0. The first-order valence-corrected chi connectivity index (χ1v) is 3.93. The second-order valence-electron chi connectivity index (χ2n) is 2.83. The maximum Gasteiger partial charge on any atom is 0.131 e. The molecule has 1 unspecified atom stereocenters. The fourth-order valence-corrected chi connectivity index (χ4v) is 1.32. The number of carbonyl (C=O) groups is 1. The van der Waals surface area contributed by atoms with Gasteiger partial charge in [0.05, 0.1) is 12.2 Å². The Labute approximate surface area is 75.3 Å². The number of hydrogen-bond donors (Lipinski definition) is 1. The van der Waals surface area contributed by atoms with Crippen molar-refractivity contribution in [1.29, 1.82) is 0 Å². The van der Waals surface area contributed by atoms with Crippen molar-refractivity contribution in [3.63, 3.8) is 0 Å². The van der Waals surface area contributed by atoms with E-state index in [1.165, 1.54) is 18.4 Å². The van der Waals surface area contributed by atoms with Gasteiger partial charge in [-0.25, -0.2) is 0 Å². The summed E-state index contributed by atoms with van der Waals surface area (Å²) in [6.07, 6.45) is 3.95. The maximum atomic E-state index is 10.6. The molecule has 0 spiro atoms. The van der Waals surface area contributed by atoms with Gasteiger partial charge in [-0.3, -0.25) is 0 Å². The van der Waals surface area contributed by atoms with Gasteiger partial charge < -0.3 is 14.6 Å². The Hall–Kier alpha value is -1.77. The van der Waals surface area contributed by atoms with Gasteiger partial charge in [0.15, 0.2) is 0 Å². The maximum absolute atomic E-state index is 10.6. The molecule has 1 aliphatic heterocycles. The molecule has 3 heteroatoms. The molecule has 0 saturated heterocycles. The molecule has 1 aromatic rings. The van der Waals surface area contributed by atoms with E-state index >= 15 is 0 Å². The van der Waals surface area contributed by atoms with E-state index in [1.807, 2.05) is 0 Å². The van der Waals surface area contributed by atoms with Crippen LogP contribution in [0.2, 0.25) is 0 Å². The second-order valence-corrected chi connectivity index (χ2v) is 2.83. The molecule has 0 saturated carbocycles. The molecular weight excluding hydrogens is 168 g/mol. The third kappa shape index (κ3) is 1.28. The molecule has 2 rings (SSSR count). The van der Waals surface area contributed by atoms with E-state index in [1.54, 1.807) is 12.1 Å². The zero-order valence-corrected chi connectivity index (χ0v) is 6.81. The van der Waals surface area contributed by atoms with Crippen molar-refractivity contribution < 1.29 is 14.6 Å². The van der Waals surface area contributed by atoms with Gasteiger partial charge in [0.1, 0.15) is 17.8 Å². The Morgan fingerprint density at radius 1 is 1.46 bits per heavy atom. The third-order valence-corrected chi connectivity index (χ3v) is 1.98. The topological polar surface area (TPSA) is 46.5 Å². The van der Waals surface area contributed by atoms with Crippen LogP contribution in [0.25, 0.3) is 0 Å². The van der Waals surface area contributed by atoms with Crippen molar-refractivity contribution in [3.8, 4) is 11.5 Å². The zero-order valence-electron chi connectivity index (χ0n) is 6.81. The first-order valence-electron chi connectivity index (χ1n) is 3.93. The highest BCUT2D eigenvalue weighted by Gasteiger charge is 2.16. The first-order chi connectivity index (χ1) is 6.31. The van der Waals surface area contributed by atoms with Crippen molar-refractivity contribution in [1.82, 2.24) is 0 Å². The lowest BCUT2D eigenvalue weighted by molar-refractivity contribution is -0.108. The average Bonchev–Trinajstić information content (AvgIpc) is 2.17. The number of hydrogen-bond acceptors (Lipinski definition) is 3. The van der Waals surface area contributed by atoms with Crippen LogP contribution in [0.3, 0.4) is 0 Å². The van der Waals surface area contributed by atoms with Gasteiger partial charge in [0.2, 0.25) is 0 Å². The molecule has 0 bridgehead atoms. The Morgan fingerprint density at radius 2 is 2.31 bits per heavy atom. The number of rotatable bonds is 1. The van der Waals surface area contributed by atoms with Crippen LogP contribution in [-0.4, -0.2) is 11.4 Å². The molecule has 0 radical (unpaired) electrons. The lowest BCUT2D eigenvalue weighted by Gasteiger charge is -2.16. The molecule has 1 heterocycles. The lowest BCUT2D eigenvalue weighted by Crippen LogP contribution is -2.04. The predicted octanol–water partition coefficient (Wildman–Crippen LogP) is 1.58. The number of phenols is 1. The van der Waals surface area contributed by atoms with Crippen LogP contribution < -0.4 is 4.74 Å². The monoisotopic (exact) mass is 176 g/mol. The van der Waals surface area contributed by atoms with E-state index in [2.05, 4.69) is 0 Å². The van der Waals surface area contributed by atoms with Gasteiger partial charge in [-0.15, -0.1) is 0 Å². The molecule has 1 N–H and O–H groups in total. The summed E-state index contributed by atoms with van der Waals surface area (Å²) in [5.41, 5.74) is 0.706. The molecule has 0 aliphatic carbocycles. The number of fused-ring (bicyclic) bond motifs is 1. The summed E-state index contributed by atoms with van der Waals surface area (Å²) < 4.78 is 5.16. The Bertz CT molecular complexity index is 368. The van der Waals surface area contributed by atoms with E-state index in [0.717, 1.165) is 6.29 Å². The Balaban J connectivity index is 2.52. The minimum absolute atomic E-state index is 0.143. The van der Waals surface area contributed by atoms with Gasteiger partial charge in [-0.05, 0) is 24.3 Å². The fraction of sp³-hybridized carbons (Fsp3) is 0.100. The summed E-state index contributed by atoms with van der Waals surface area (Å²) in [6, 6.07) is 4.71. The first kappa shape index (κ1) is 7.86. The normalized spacial score (nSPS) is 18.9. The van der Waals surface area contributed by atoms with Crippen LogP contribution in [-0.2, 0) is 4.79 Å². The van der Waals surface area contributed by atoms with Crippen LogP contribution in [0, 0.1) is 0 Å². The Kier molecular flexibility index (Phi) is 1.77. The van der Waals surface area contributed by atoms with Crippen molar-refractivity contribution >= 4 is 6.29 Å². The molecular formula is C10H8O3. The van der Waals surface area contributed by atoms with Crippen LogP contribution >= 0.6 is 0 Å². The van der Waals surface area contributed by atoms with Crippen LogP contribution in [0.15, 0.2) is 30.5 Å². The molecule has 1 aliphatic rings. The zero-order chi connectivity index (χ0) is 9.26. The number of carbonyl (C=O) groups excluding carboxylic acids is 1. The summed E-state index contributed by atoms with van der Waals surface area (Å²) in [6.45, 7) is 0. The summed E-state index contributed by atoms with van der Waals surface area (Å²) in [5.74, 6) is 0.456. The SMILES string of the molecule is O=CC1C=COc2ccc(O)cc21. The van der Waals surface area contributed by atoms with Crippen molar-refractivity contribution in [2.75, 3.05) is 0 Å². The Morgan fingerprint density at radius 3 is 3.08 bits per heavy atom. The number of phenolic OH excluding ortho intramolecular Hbond substituents is 1. The van der Waals surface area contributed by atoms with Crippen molar-refractivity contribution in [2.45, 2.75) is 5.92 Å². The standard InChI is InChI=1S/C10H8O3/c11-6-7-3-4-13-10-2-1-8(12)5-9(7)10/h1-7,12H. The van der Waals surface area contributed by atoms with E-state index in [9.17, 15) is 9.90 Å². The third-order valence-electron chi connectivity index (χ3n) is 1.98. The number of benzene rings is 1. The molecule has 13 heavy (non-hydrogen) atoms. The molecule has 0 amide bonds. The highest BCUT2D eigenvalue weighted by Crippen LogP contribution is 2.32. The predicted molar refractivity (Wildman–Crippen MR) is 46.7 cm³/mol. The molecule has 1 aromatic carbocycles. The average molecular weight is 176 g/mol. The number of aromatic hydroxyl groups is 1. The van der Waals surface area contributed by atoms with Crippen LogP contribution in [0.5, 0.6) is 11.5 Å². The van der Waals surface area contributed by atoms with Gasteiger partial charge in [0, 0.05) is 5.56 Å². The molecule has 0 fully saturated rings. The van der Waals surface area contributed by atoms with Crippen molar-refractivity contribution in [3.05, 3.63) is 36.1 Å². The van der Waals surface area contributed by atoms with Gasteiger partial charge in [-0.2, -0.15) is 0 Å². The van der Waals surface area contributed by atoms with Crippen LogP contribution in [0.1, 0.15) is 11.5 Å². The summed E-state index contributed by atoms with van der Waals surface area (Å²) in [4.78, 5) is 10.6. The van der Waals surface area contributed by atoms with Gasteiger partial charge in [0.25, 0.3) is 0 Å². The largest absolute Gasteiger partial charge is 0.508 e. The molecule has 66 valence electrons. The molecule has 1 atom stereocenters. The quantitative estimate of drug-likeness (QED) is 0.661. The minimum atomic E-state index is -0.309. The fourth-order valence-electron chi connectivity index (χ4n) is 1.32. The highest BCUT2D eigenvalue weighted by molar-refractivity contribution is 5.69. The summed E-state index contributed by atoms with van der Waals surface area (Å²) in [5, 5.41) is 9.21. The number of aldehydes is 1. The van der Waals surface area contributed by atoms with E-state index < -0.39 is 0 Å². The smallest absolute Gasteiger partial charge is 0.131 e. The van der Waals surface area contributed by atoms with E-state index in [-0.39, 0.29) is 11.7 Å². The summed E-state index contributed by atoms with van der Waals surface area (Å²) in [7, 11) is 0. The molecule has 3 nitrogen and oxygen atoms in total. The lowest BCUT2D eigenvalue weighted by atomic mass is 9.98. The van der Waals surface area contributed by atoms with Crippen LogP contribution in [0.4, 0.5) is 0 Å². The molecule has 0 aromatic heterocycles. The highest BCUT2D eigenvalue weighted by atomic mass is 16.5. The minimum Gasteiger partial charge on any atom is -0.508 e.